The molecule has 3 heterocycles. The van der Waals surface area contributed by atoms with E-state index in [4.69, 9.17) is 5.11 Å². The Hall–Kier alpha value is -0.0900. The lowest BCUT2D eigenvalue weighted by Crippen LogP contribution is -2.63. The van der Waals surface area contributed by atoms with E-state index < -0.39 is 38.1 Å². The van der Waals surface area contributed by atoms with Crippen LogP contribution in [0.15, 0.2) is 0 Å². The summed E-state index contributed by atoms with van der Waals surface area (Å²) in [6, 6.07) is 0. The molecule has 3 saturated heterocycles. The Morgan fingerprint density at radius 3 is 2.40 bits per heavy atom. The Labute approximate surface area is 82.4 Å². The summed E-state index contributed by atoms with van der Waals surface area (Å²) in [7, 11) is -4.15. The van der Waals surface area contributed by atoms with Crippen molar-refractivity contribution in [2.75, 3.05) is 6.61 Å². The van der Waals surface area contributed by atoms with Crippen molar-refractivity contribution >= 4 is 7.82 Å². The zero-order valence-corrected chi connectivity index (χ0v) is 7.96. The van der Waals surface area contributed by atoms with Gasteiger partial charge in [0.05, 0.1) is 0 Å². The molecule has 15 heavy (non-hydrogen) atoms. The van der Waals surface area contributed by atoms with Gasteiger partial charge in [-0.25, -0.2) is 13.6 Å². The first kappa shape index (κ1) is 10.1. The SMILES string of the molecule is O=P12OC3OC(O)(CO)[C@@](O)(O1)[C@]3(O)O2. The van der Waals surface area contributed by atoms with Gasteiger partial charge in [-0.05, 0) is 0 Å². The molecule has 0 aromatic rings. The van der Waals surface area contributed by atoms with Crippen molar-refractivity contribution in [1.29, 1.82) is 0 Å². The van der Waals surface area contributed by atoms with E-state index >= 15 is 0 Å². The Morgan fingerprint density at radius 1 is 1.27 bits per heavy atom. The number of hydrogen-bond donors (Lipinski definition) is 4. The second-order valence-corrected chi connectivity index (χ2v) is 4.94. The van der Waals surface area contributed by atoms with Gasteiger partial charge in [0.25, 0.3) is 17.4 Å². The first-order chi connectivity index (χ1) is 6.79. The predicted molar refractivity (Wildman–Crippen MR) is 37.7 cm³/mol. The molecule has 0 aromatic heterocycles. The number of fused-ring (bicyclic) bond motifs is 1. The normalized spacial score (nSPS) is 66.5. The summed E-state index contributed by atoms with van der Waals surface area (Å²) in [5.41, 5.74) is 0. The van der Waals surface area contributed by atoms with E-state index in [1.807, 2.05) is 0 Å². The number of rotatable bonds is 1. The molecular weight excluding hydrogens is 235 g/mol. The number of hydrogen-bond acceptors (Lipinski definition) is 9. The van der Waals surface area contributed by atoms with Gasteiger partial charge in [0.1, 0.15) is 6.61 Å². The van der Waals surface area contributed by atoms with Gasteiger partial charge in [0.15, 0.2) is 0 Å². The quantitative estimate of drug-likeness (QED) is 0.370. The van der Waals surface area contributed by atoms with Crippen LogP contribution >= 0.6 is 7.82 Å². The summed E-state index contributed by atoms with van der Waals surface area (Å²) in [4.78, 5) is 0. The molecule has 0 amide bonds. The monoisotopic (exact) mass is 242 g/mol. The minimum atomic E-state index is -4.15. The lowest BCUT2D eigenvalue weighted by molar-refractivity contribution is -0.360. The number of aliphatic hydroxyl groups is 4. The van der Waals surface area contributed by atoms with Crippen molar-refractivity contribution < 1.29 is 43.3 Å². The molecule has 0 aromatic carbocycles. The molecular formula is C5H7O9P. The van der Waals surface area contributed by atoms with Crippen molar-refractivity contribution in [2.45, 2.75) is 23.7 Å². The van der Waals surface area contributed by atoms with E-state index in [1.54, 1.807) is 0 Å². The van der Waals surface area contributed by atoms with Crippen molar-refractivity contribution in [2.24, 2.45) is 0 Å². The molecule has 86 valence electrons. The highest BCUT2D eigenvalue weighted by atomic mass is 31.2. The lowest BCUT2D eigenvalue weighted by atomic mass is 10.0. The minimum Gasteiger partial charge on any atom is -0.391 e. The first-order valence-corrected chi connectivity index (χ1v) is 5.40. The van der Waals surface area contributed by atoms with E-state index in [0.717, 1.165) is 0 Å². The zero-order valence-electron chi connectivity index (χ0n) is 7.06. The van der Waals surface area contributed by atoms with Crippen molar-refractivity contribution in [3.8, 4) is 0 Å². The highest BCUT2D eigenvalue weighted by Crippen LogP contribution is 2.76. The Morgan fingerprint density at radius 2 is 1.93 bits per heavy atom. The van der Waals surface area contributed by atoms with Crippen LogP contribution in [0, 0.1) is 0 Å². The Bertz CT molecular complexity index is 385. The summed E-state index contributed by atoms with van der Waals surface area (Å²) in [6.45, 7) is -1.10. The molecule has 2 bridgehead atoms. The minimum absolute atomic E-state index is 1.10. The average molecular weight is 242 g/mol. The number of ether oxygens (including phenoxy) is 1. The van der Waals surface area contributed by atoms with Gasteiger partial charge >= 0.3 is 7.82 Å². The van der Waals surface area contributed by atoms with Gasteiger partial charge in [-0.3, -0.25) is 4.52 Å². The van der Waals surface area contributed by atoms with Crippen LogP contribution in [0.5, 0.6) is 0 Å². The van der Waals surface area contributed by atoms with E-state index in [9.17, 15) is 19.9 Å². The lowest BCUT2D eigenvalue weighted by Gasteiger charge is -2.33. The van der Waals surface area contributed by atoms with Gasteiger partial charge in [-0.2, -0.15) is 0 Å². The van der Waals surface area contributed by atoms with Gasteiger partial charge in [0, 0.05) is 0 Å². The second-order valence-electron chi connectivity index (χ2n) is 3.47. The Balaban J connectivity index is 2.19. The van der Waals surface area contributed by atoms with E-state index in [-0.39, 0.29) is 0 Å². The van der Waals surface area contributed by atoms with E-state index in [0.29, 0.717) is 0 Å². The van der Waals surface area contributed by atoms with Crippen LogP contribution < -0.4 is 0 Å². The maximum atomic E-state index is 11.4. The highest BCUT2D eigenvalue weighted by molar-refractivity contribution is 7.49. The molecule has 3 unspecified atom stereocenters. The summed E-state index contributed by atoms with van der Waals surface area (Å²) < 4.78 is 29.4. The number of aliphatic hydroxyl groups excluding tert-OH is 1. The fraction of sp³-hybridized carbons (Fsp3) is 1.00. The topological polar surface area (TPSA) is 135 Å². The summed E-state index contributed by atoms with van der Waals surface area (Å²) in [5, 5.41) is 38.0. The largest absolute Gasteiger partial charge is 0.483 e. The summed E-state index contributed by atoms with van der Waals surface area (Å²) >= 11 is 0. The molecule has 0 aliphatic carbocycles. The van der Waals surface area contributed by atoms with Crippen LogP contribution in [0.3, 0.4) is 0 Å². The number of phosphoric acid groups is 1. The predicted octanol–water partition coefficient (Wildman–Crippen LogP) is -2.41. The van der Waals surface area contributed by atoms with Gasteiger partial charge in [0.2, 0.25) is 6.29 Å². The van der Waals surface area contributed by atoms with Crippen molar-refractivity contribution in [3.05, 3.63) is 0 Å². The molecule has 0 radical (unpaired) electrons. The smallest absolute Gasteiger partial charge is 0.391 e. The van der Waals surface area contributed by atoms with Crippen LogP contribution in [0.25, 0.3) is 0 Å². The first-order valence-electron chi connectivity index (χ1n) is 3.94. The molecule has 0 spiro atoms. The van der Waals surface area contributed by atoms with Crippen LogP contribution in [0.1, 0.15) is 0 Å². The third-order valence-electron chi connectivity index (χ3n) is 2.57. The Kier molecular flexibility index (Phi) is 1.53. The molecule has 4 N–H and O–H groups in total. The molecule has 10 heteroatoms. The van der Waals surface area contributed by atoms with E-state index in [1.165, 1.54) is 0 Å². The highest BCUT2D eigenvalue weighted by Gasteiger charge is 2.89. The van der Waals surface area contributed by atoms with Crippen molar-refractivity contribution in [1.82, 2.24) is 0 Å². The number of phosphoric ester groups is 1. The summed E-state index contributed by atoms with van der Waals surface area (Å²) in [5.74, 6) is -8.11. The maximum absolute atomic E-state index is 11.4. The summed E-state index contributed by atoms with van der Waals surface area (Å²) in [6.07, 6.45) is -1.68. The fourth-order valence-electron chi connectivity index (χ4n) is 1.77. The van der Waals surface area contributed by atoms with Crippen LogP contribution in [-0.2, 0) is 22.9 Å². The van der Waals surface area contributed by atoms with Gasteiger partial charge in [-0.15, -0.1) is 0 Å². The molecule has 5 atom stereocenters. The molecule has 3 aliphatic rings. The molecule has 3 rings (SSSR count). The standard InChI is InChI=1S/C5H7O9P/c6-1-3(7)5(9)4(8)2(11-3)12-15(10,13-4)14-5/h2,6-9H,1H2/t2?,3?,4-,5-,15?/m1/s1. The fourth-order valence-corrected chi connectivity index (χ4v) is 3.46. The maximum Gasteiger partial charge on any atom is 0.483 e. The molecule has 9 nitrogen and oxygen atoms in total. The average Bonchev–Trinajstić information content (AvgIpc) is 2.50. The van der Waals surface area contributed by atoms with Crippen LogP contribution in [-0.4, -0.2) is 50.7 Å². The molecule has 0 saturated carbocycles. The van der Waals surface area contributed by atoms with Crippen molar-refractivity contribution in [3.63, 3.8) is 0 Å². The third-order valence-corrected chi connectivity index (χ3v) is 4.01. The molecule has 3 aliphatic heterocycles. The van der Waals surface area contributed by atoms with Crippen LogP contribution in [0.4, 0.5) is 0 Å². The van der Waals surface area contributed by atoms with Gasteiger partial charge in [-0.1, -0.05) is 0 Å². The zero-order chi connectivity index (χ0) is 11.1. The third kappa shape index (κ3) is 0.825. The van der Waals surface area contributed by atoms with Gasteiger partial charge < -0.3 is 25.2 Å². The second kappa shape index (κ2) is 2.28. The van der Waals surface area contributed by atoms with Crippen LogP contribution in [0.2, 0.25) is 0 Å². The molecule has 3 fully saturated rings. The van der Waals surface area contributed by atoms with E-state index in [2.05, 4.69) is 18.3 Å².